The molecule has 0 aromatic heterocycles. The molecular formula is C30H34FN3O2. The van der Waals surface area contributed by atoms with E-state index in [-0.39, 0.29) is 11.7 Å². The van der Waals surface area contributed by atoms with E-state index in [9.17, 15) is 9.18 Å². The van der Waals surface area contributed by atoms with Gasteiger partial charge in [0.25, 0.3) is 0 Å². The lowest BCUT2D eigenvalue weighted by Crippen LogP contribution is -2.50. The van der Waals surface area contributed by atoms with Gasteiger partial charge in [0.15, 0.2) is 0 Å². The van der Waals surface area contributed by atoms with Crippen molar-refractivity contribution in [3.8, 4) is 5.75 Å². The van der Waals surface area contributed by atoms with E-state index in [1.54, 1.807) is 12.1 Å². The summed E-state index contributed by atoms with van der Waals surface area (Å²) in [5, 5.41) is 0. The van der Waals surface area contributed by atoms with Crippen LogP contribution in [0.2, 0.25) is 0 Å². The Bertz CT molecular complexity index is 1130. The van der Waals surface area contributed by atoms with Crippen LogP contribution in [0.15, 0.2) is 78.9 Å². The standard InChI is InChI=1S/C30H34FN3O2/c31-25-12-14-26(15-13-25)36-22-21-32-17-19-33(20-18-32)23-30(35)34-16-6-10-27(24-7-2-1-3-8-24)28-9-4-5-11-29(28)34/h1-5,7-9,11-15,27H,6,10,16-23H2. The Labute approximate surface area is 213 Å². The van der Waals surface area contributed by atoms with Crippen LogP contribution >= 0.6 is 0 Å². The first-order valence-corrected chi connectivity index (χ1v) is 12.9. The van der Waals surface area contributed by atoms with Gasteiger partial charge in [0.05, 0.1) is 6.54 Å². The number of rotatable bonds is 7. The predicted octanol–water partition coefficient (Wildman–Crippen LogP) is 4.78. The smallest absolute Gasteiger partial charge is 0.241 e. The quantitative estimate of drug-likeness (QED) is 0.481. The van der Waals surface area contributed by atoms with Crippen LogP contribution in [0, 0.1) is 5.82 Å². The normalized spacial score (nSPS) is 18.9. The van der Waals surface area contributed by atoms with Crippen LogP contribution in [0.1, 0.15) is 29.9 Å². The molecule has 0 saturated carbocycles. The number of hydrogen-bond donors (Lipinski definition) is 0. The van der Waals surface area contributed by atoms with Crippen LogP contribution in [0.5, 0.6) is 5.75 Å². The number of piperazine rings is 1. The molecule has 3 aromatic rings. The summed E-state index contributed by atoms with van der Waals surface area (Å²) in [6.07, 6.45) is 2.03. The van der Waals surface area contributed by atoms with Crippen molar-refractivity contribution in [1.29, 1.82) is 0 Å². The molecule has 1 atom stereocenters. The van der Waals surface area contributed by atoms with Crippen molar-refractivity contribution in [1.82, 2.24) is 9.80 Å². The molecule has 2 heterocycles. The fourth-order valence-electron chi connectivity index (χ4n) is 5.32. The Morgan fingerprint density at radius 1 is 0.833 bits per heavy atom. The topological polar surface area (TPSA) is 36.0 Å². The zero-order chi connectivity index (χ0) is 24.7. The molecule has 3 aromatic carbocycles. The summed E-state index contributed by atoms with van der Waals surface area (Å²) in [6.45, 7) is 6.15. The molecule has 0 spiro atoms. The van der Waals surface area contributed by atoms with Gasteiger partial charge in [0.1, 0.15) is 18.2 Å². The summed E-state index contributed by atoms with van der Waals surface area (Å²) in [5.41, 5.74) is 3.63. The molecule has 6 heteroatoms. The SMILES string of the molecule is O=C(CN1CCN(CCOc2ccc(F)cc2)CC1)N1CCCC(c2ccccc2)c2ccccc21. The number of para-hydroxylation sites is 1. The van der Waals surface area contributed by atoms with E-state index < -0.39 is 0 Å². The summed E-state index contributed by atoms with van der Waals surface area (Å²) >= 11 is 0. The largest absolute Gasteiger partial charge is 0.492 e. The van der Waals surface area contributed by atoms with Gasteiger partial charge >= 0.3 is 0 Å². The van der Waals surface area contributed by atoms with Crippen molar-refractivity contribution in [3.63, 3.8) is 0 Å². The van der Waals surface area contributed by atoms with Gasteiger partial charge in [-0.05, 0) is 54.3 Å². The number of halogens is 1. The second-order valence-corrected chi connectivity index (χ2v) is 9.63. The van der Waals surface area contributed by atoms with Crippen molar-refractivity contribution < 1.29 is 13.9 Å². The van der Waals surface area contributed by atoms with E-state index in [2.05, 4.69) is 58.3 Å². The number of fused-ring (bicyclic) bond motifs is 1. The molecule has 0 radical (unpaired) electrons. The van der Waals surface area contributed by atoms with E-state index in [4.69, 9.17) is 4.74 Å². The molecule has 1 saturated heterocycles. The molecule has 2 aliphatic heterocycles. The summed E-state index contributed by atoms with van der Waals surface area (Å²) in [6, 6.07) is 25.2. The number of carbonyl (C=O) groups is 1. The fourth-order valence-corrected chi connectivity index (χ4v) is 5.32. The van der Waals surface area contributed by atoms with Crippen LogP contribution in [-0.4, -0.2) is 68.1 Å². The maximum atomic E-state index is 13.5. The van der Waals surface area contributed by atoms with E-state index in [1.807, 2.05) is 11.0 Å². The summed E-state index contributed by atoms with van der Waals surface area (Å²) in [7, 11) is 0. The minimum atomic E-state index is -0.257. The lowest BCUT2D eigenvalue weighted by atomic mass is 9.87. The number of hydrogen-bond acceptors (Lipinski definition) is 4. The molecule has 5 rings (SSSR count). The zero-order valence-corrected chi connectivity index (χ0v) is 20.7. The Morgan fingerprint density at radius 2 is 1.53 bits per heavy atom. The summed E-state index contributed by atoms with van der Waals surface area (Å²) < 4.78 is 18.8. The molecule has 1 unspecified atom stereocenters. The lowest BCUT2D eigenvalue weighted by Gasteiger charge is -2.35. The maximum absolute atomic E-state index is 13.5. The molecule has 5 nitrogen and oxygen atoms in total. The highest BCUT2D eigenvalue weighted by atomic mass is 19.1. The fraction of sp³-hybridized carbons (Fsp3) is 0.367. The number of nitrogens with zero attached hydrogens (tertiary/aromatic N) is 3. The van der Waals surface area contributed by atoms with Crippen LogP contribution in [0.25, 0.3) is 0 Å². The Balaban J connectivity index is 1.15. The van der Waals surface area contributed by atoms with Gasteiger partial charge in [-0.25, -0.2) is 4.39 Å². The lowest BCUT2D eigenvalue weighted by molar-refractivity contribution is -0.120. The van der Waals surface area contributed by atoms with Gasteiger partial charge in [-0.1, -0.05) is 48.5 Å². The van der Waals surface area contributed by atoms with E-state index in [0.717, 1.165) is 57.8 Å². The highest BCUT2D eigenvalue weighted by Crippen LogP contribution is 2.38. The van der Waals surface area contributed by atoms with Crippen LogP contribution < -0.4 is 9.64 Å². The Kier molecular flexibility index (Phi) is 7.94. The zero-order valence-electron chi connectivity index (χ0n) is 20.7. The van der Waals surface area contributed by atoms with Gasteiger partial charge in [0, 0.05) is 50.9 Å². The highest BCUT2D eigenvalue weighted by molar-refractivity contribution is 5.96. The van der Waals surface area contributed by atoms with Crippen LogP contribution in [-0.2, 0) is 4.79 Å². The molecule has 0 bridgehead atoms. The highest BCUT2D eigenvalue weighted by Gasteiger charge is 2.28. The number of ether oxygens (including phenoxy) is 1. The first kappa shape index (κ1) is 24.5. The number of benzene rings is 3. The van der Waals surface area contributed by atoms with Gasteiger partial charge in [0.2, 0.25) is 5.91 Å². The third-order valence-corrected chi connectivity index (χ3v) is 7.29. The van der Waals surface area contributed by atoms with Crippen LogP contribution in [0.3, 0.4) is 0 Å². The first-order valence-electron chi connectivity index (χ1n) is 12.9. The van der Waals surface area contributed by atoms with Crippen molar-refractivity contribution in [2.45, 2.75) is 18.8 Å². The minimum Gasteiger partial charge on any atom is -0.492 e. The van der Waals surface area contributed by atoms with Gasteiger partial charge in [-0.2, -0.15) is 0 Å². The molecule has 0 aliphatic carbocycles. The number of amides is 1. The van der Waals surface area contributed by atoms with Crippen LogP contribution in [0.4, 0.5) is 10.1 Å². The molecule has 2 aliphatic rings. The van der Waals surface area contributed by atoms with Gasteiger partial charge < -0.3 is 9.64 Å². The van der Waals surface area contributed by atoms with E-state index in [1.165, 1.54) is 23.3 Å². The molecule has 1 fully saturated rings. The number of carbonyl (C=O) groups excluding carboxylic acids is 1. The monoisotopic (exact) mass is 487 g/mol. The van der Waals surface area contributed by atoms with Crippen molar-refractivity contribution in [2.24, 2.45) is 0 Å². The predicted molar refractivity (Wildman–Crippen MR) is 141 cm³/mol. The van der Waals surface area contributed by atoms with Gasteiger partial charge in [-0.3, -0.25) is 14.6 Å². The first-order chi connectivity index (χ1) is 17.7. The molecule has 1 amide bonds. The minimum absolute atomic E-state index is 0.184. The average Bonchev–Trinajstić information content (AvgIpc) is 3.11. The summed E-state index contributed by atoms with van der Waals surface area (Å²) in [5.74, 6) is 0.936. The van der Waals surface area contributed by atoms with Crippen molar-refractivity contribution in [3.05, 3.63) is 95.8 Å². The third kappa shape index (κ3) is 5.94. The molecule has 0 N–H and O–H groups in total. The Hall–Kier alpha value is -3.22. The summed E-state index contributed by atoms with van der Waals surface area (Å²) in [4.78, 5) is 20.1. The molecule has 188 valence electrons. The average molecular weight is 488 g/mol. The van der Waals surface area contributed by atoms with Crippen molar-refractivity contribution in [2.75, 3.05) is 57.3 Å². The number of anilines is 1. The van der Waals surface area contributed by atoms with Gasteiger partial charge in [-0.15, -0.1) is 0 Å². The molecular weight excluding hydrogens is 453 g/mol. The Morgan fingerprint density at radius 3 is 2.31 bits per heavy atom. The van der Waals surface area contributed by atoms with E-state index >= 15 is 0 Å². The second-order valence-electron chi connectivity index (χ2n) is 9.63. The van der Waals surface area contributed by atoms with E-state index in [0.29, 0.717) is 24.8 Å². The third-order valence-electron chi connectivity index (χ3n) is 7.29. The second kappa shape index (κ2) is 11.7. The van der Waals surface area contributed by atoms with Crippen molar-refractivity contribution >= 4 is 11.6 Å². The maximum Gasteiger partial charge on any atom is 0.241 e. The molecule has 36 heavy (non-hydrogen) atoms.